The quantitative estimate of drug-likeness (QED) is 0.349. The standard InChI is InChI=1S/C27H32N4O5S/c1-17(2)14-18-8-6-11-21-25(18)37-24(29-21)16-31-13-7-9-19(26(31)34)15-22(32)20(30-27(35)36-3)10-4-5-12-23(28)33/h5-9,11-13,17,20H,4,10,14-16H2,1-3H3,(H2,28,33)(H,30,35)/b12-5+/t20-/m0/s1. The van der Waals surface area contributed by atoms with Crippen molar-refractivity contribution in [3.05, 3.63) is 75.2 Å². The van der Waals surface area contributed by atoms with Crippen molar-refractivity contribution in [1.29, 1.82) is 0 Å². The summed E-state index contributed by atoms with van der Waals surface area (Å²) in [5, 5.41) is 3.31. The minimum Gasteiger partial charge on any atom is -0.453 e. The summed E-state index contributed by atoms with van der Waals surface area (Å²) in [4.78, 5) is 53.6. The van der Waals surface area contributed by atoms with Crippen LogP contribution in [0.25, 0.3) is 10.2 Å². The van der Waals surface area contributed by atoms with E-state index in [0.717, 1.165) is 21.6 Å². The summed E-state index contributed by atoms with van der Waals surface area (Å²) in [5.41, 5.74) is 7.28. The van der Waals surface area contributed by atoms with Crippen LogP contribution in [0.4, 0.5) is 4.79 Å². The number of alkyl carbamates (subject to hydrolysis) is 1. The minimum atomic E-state index is -0.887. The number of primary amides is 1. The lowest BCUT2D eigenvalue weighted by Crippen LogP contribution is -2.42. The second kappa shape index (κ2) is 13.0. The predicted octanol–water partition coefficient (Wildman–Crippen LogP) is 3.36. The molecule has 0 aliphatic rings. The van der Waals surface area contributed by atoms with Gasteiger partial charge in [-0.3, -0.25) is 14.4 Å². The third-order valence-corrected chi connectivity index (χ3v) is 6.84. The maximum atomic E-state index is 13.2. The number of hydrogen-bond donors (Lipinski definition) is 2. The number of thiazole rings is 1. The van der Waals surface area contributed by atoms with Crippen molar-refractivity contribution in [2.75, 3.05) is 7.11 Å². The third-order valence-electron chi connectivity index (χ3n) is 5.71. The van der Waals surface area contributed by atoms with E-state index in [1.807, 2.05) is 12.1 Å². The molecule has 10 heteroatoms. The van der Waals surface area contributed by atoms with Crippen LogP contribution in [0.3, 0.4) is 0 Å². The molecule has 196 valence electrons. The highest BCUT2D eigenvalue weighted by molar-refractivity contribution is 7.18. The number of amides is 2. The van der Waals surface area contributed by atoms with Crippen molar-refractivity contribution >= 4 is 39.3 Å². The number of methoxy groups -OCH3 is 1. The van der Waals surface area contributed by atoms with Crippen LogP contribution < -0.4 is 16.6 Å². The SMILES string of the molecule is COC(=O)N[C@@H](CC/C=C/C(N)=O)C(=O)Cc1cccn(Cc2nc3cccc(CC(C)C)c3s2)c1=O. The number of carbonyl (C=O) groups excluding carboxylic acids is 3. The molecule has 0 bridgehead atoms. The Morgan fingerprint density at radius 3 is 2.65 bits per heavy atom. The van der Waals surface area contributed by atoms with Gasteiger partial charge in [0.2, 0.25) is 5.91 Å². The molecule has 0 saturated carbocycles. The second-order valence-corrected chi connectivity index (χ2v) is 10.2. The van der Waals surface area contributed by atoms with Crippen LogP contribution in [0.5, 0.6) is 0 Å². The Kier molecular flexibility index (Phi) is 9.73. The number of ether oxygens (including phenoxy) is 1. The molecule has 3 rings (SSSR count). The smallest absolute Gasteiger partial charge is 0.407 e. The number of ketones is 1. The maximum Gasteiger partial charge on any atom is 0.407 e. The maximum absolute atomic E-state index is 13.2. The molecule has 3 N–H and O–H groups in total. The van der Waals surface area contributed by atoms with E-state index in [0.29, 0.717) is 24.4 Å². The molecule has 0 aliphatic carbocycles. The molecule has 0 aliphatic heterocycles. The van der Waals surface area contributed by atoms with Gasteiger partial charge in [-0.2, -0.15) is 0 Å². The van der Waals surface area contributed by atoms with E-state index in [1.165, 1.54) is 24.8 Å². The van der Waals surface area contributed by atoms with Crippen molar-refractivity contribution < 1.29 is 19.1 Å². The van der Waals surface area contributed by atoms with Crippen LogP contribution in [0.15, 0.2) is 53.5 Å². The molecule has 3 aromatic rings. The average Bonchev–Trinajstić information content (AvgIpc) is 3.26. The van der Waals surface area contributed by atoms with Gasteiger partial charge in [0.15, 0.2) is 5.78 Å². The Labute approximate surface area is 219 Å². The zero-order valence-electron chi connectivity index (χ0n) is 21.2. The van der Waals surface area contributed by atoms with Gasteiger partial charge in [-0.1, -0.05) is 38.1 Å². The molecule has 1 atom stereocenters. The van der Waals surface area contributed by atoms with Crippen LogP contribution in [-0.2, 0) is 33.7 Å². The summed E-state index contributed by atoms with van der Waals surface area (Å²) in [5.74, 6) is -0.423. The number of nitrogens with zero attached hydrogens (tertiary/aromatic N) is 2. The van der Waals surface area contributed by atoms with E-state index in [2.05, 4.69) is 30.0 Å². The summed E-state index contributed by atoms with van der Waals surface area (Å²) in [6, 6.07) is 8.54. The lowest BCUT2D eigenvalue weighted by molar-refractivity contribution is -0.120. The average molecular weight is 525 g/mol. The number of hydrogen-bond acceptors (Lipinski definition) is 7. The van der Waals surface area contributed by atoms with Gasteiger partial charge in [0, 0.05) is 18.2 Å². The zero-order chi connectivity index (χ0) is 26.9. The molecule has 0 saturated heterocycles. The van der Waals surface area contributed by atoms with Gasteiger partial charge in [0.25, 0.3) is 5.56 Å². The van der Waals surface area contributed by atoms with E-state index in [1.54, 1.807) is 34.2 Å². The second-order valence-electron chi connectivity index (χ2n) is 9.15. The van der Waals surface area contributed by atoms with E-state index < -0.39 is 18.0 Å². The topological polar surface area (TPSA) is 133 Å². The summed E-state index contributed by atoms with van der Waals surface area (Å²) in [6.45, 7) is 4.65. The Hall–Kier alpha value is -3.79. The van der Waals surface area contributed by atoms with Crippen LogP contribution >= 0.6 is 11.3 Å². The van der Waals surface area contributed by atoms with Gasteiger partial charge in [0.05, 0.1) is 29.9 Å². The first-order valence-corrected chi connectivity index (χ1v) is 12.9. The largest absolute Gasteiger partial charge is 0.453 e. The van der Waals surface area contributed by atoms with Crippen LogP contribution in [0, 0.1) is 5.92 Å². The molecule has 0 unspecified atom stereocenters. The van der Waals surface area contributed by atoms with Crippen LogP contribution in [-0.4, -0.2) is 40.5 Å². The molecule has 2 aromatic heterocycles. The Morgan fingerprint density at radius 1 is 1.19 bits per heavy atom. The molecular formula is C27H32N4O5S. The fraction of sp³-hybridized carbons (Fsp3) is 0.370. The summed E-state index contributed by atoms with van der Waals surface area (Å²) < 4.78 is 7.30. The number of nitrogens with one attached hydrogen (secondary N) is 1. The van der Waals surface area contributed by atoms with Gasteiger partial charge in [0.1, 0.15) is 5.01 Å². The van der Waals surface area contributed by atoms with Gasteiger partial charge in [-0.25, -0.2) is 9.78 Å². The molecular weight excluding hydrogens is 492 g/mol. The van der Waals surface area contributed by atoms with Crippen LogP contribution in [0.2, 0.25) is 0 Å². The van der Waals surface area contributed by atoms with Crippen molar-refractivity contribution in [3.63, 3.8) is 0 Å². The number of allylic oxidation sites excluding steroid dienone is 1. The molecule has 0 radical (unpaired) electrons. The first-order valence-electron chi connectivity index (χ1n) is 12.1. The fourth-order valence-corrected chi connectivity index (χ4v) is 5.08. The Balaban J connectivity index is 1.78. The van der Waals surface area contributed by atoms with Gasteiger partial charge in [-0.15, -0.1) is 11.3 Å². The van der Waals surface area contributed by atoms with Gasteiger partial charge >= 0.3 is 6.09 Å². The molecule has 2 heterocycles. The van der Waals surface area contributed by atoms with E-state index in [9.17, 15) is 19.2 Å². The van der Waals surface area contributed by atoms with Crippen molar-refractivity contribution in [3.8, 4) is 0 Å². The van der Waals surface area contributed by atoms with Gasteiger partial charge in [-0.05, 0) is 49.0 Å². The summed E-state index contributed by atoms with van der Waals surface area (Å²) in [6.07, 6.45) is 5.00. The Morgan fingerprint density at radius 2 is 1.95 bits per heavy atom. The first-order chi connectivity index (χ1) is 17.7. The Bertz CT molecular complexity index is 1360. The lowest BCUT2D eigenvalue weighted by Gasteiger charge is -2.16. The molecule has 0 fully saturated rings. The number of fused-ring (bicyclic) bond motifs is 1. The molecule has 1 aromatic carbocycles. The number of Topliss-reactive ketones (excluding diaryl/α,β-unsaturated/α-hetero) is 1. The predicted molar refractivity (Wildman–Crippen MR) is 144 cm³/mol. The number of pyridine rings is 1. The molecule has 9 nitrogen and oxygen atoms in total. The van der Waals surface area contributed by atoms with E-state index in [4.69, 9.17) is 10.7 Å². The number of nitrogens with two attached hydrogens (primary N) is 1. The highest BCUT2D eigenvalue weighted by Gasteiger charge is 2.22. The van der Waals surface area contributed by atoms with E-state index in [-0.39, 0.29) is 24.2 Å². The van der Waals surface area contributed by atoms with Crippen LogP contribution in [0.1, 0.15) is 42.8 Å². The summed E-state index contributed by atoms with van der Waals surface area (Å²) in [7, 11) is 1.20. The molecule has 0 spiro atoms. The number of rotatable bonds is 12. The molecule has 2 amide bonds. The third kappa shape index (κ3) is 7.85. The highest BCUT2D eigenvalue weighted by Crippen LogP contribution is 2.28. The monoisotopic (exact) mass is 524 g/mol. The minimum absolute atomic E-state index is 0.160. The highest BCUT2D eigenvalue weighted by atomic mass is 32.1. The molecule has 37 heavy (non-hydrogen) atoms. The van der Waals surface area contributed by atoms with Crippen molar-refractivity contribution in [2.24, 2.45) is 11.7 Å². The van der Waals surface area contributed by atoms with Crippen molar-refractivity contribution in [2.45, 2.75) is 52.1 Å². The van der Waals surface area contributed by atoms with E-state index >= 15 is 0 Å². The number of benzene rings is 1. The van der Waals surface area contributed by atoms with Gasteiger partial charge < -0.3 is 20.4 Å². The first kappa shape index (κ1) is 27.8. The van der Waals surface area contributed by atoms with Crippen molar-refractivity contribution in [1.82, 2.24) is 14.9 Å². The zero-order valence-corrected chi connectivity index (χ0v) is 22.0. The fourth-order valence-electron chi connectivity index (χ4n) is 4.00. The summed E-state index contributed by atoms with van der Waals surface area (Å²) >= 11 is 1.58. The number of carbonyl (C=O) groups is 3. The number of aromatic nitrogens is 2. The normalized spacial score (nSPS) is 12.2. The lowest BCUT2D eigenvalue weighted by atomic mass is 10.0.